The third kappa shape index (κ3) is 3.87. The van der Waals surface area contributed by atoms with Crippen molar-refractivity contribution < 1.29 is 19.4 Å². The van der Waals surface area contributed by atoms with Gasteiger partial charge < -0.3 is 19.6 Å². The van der Waals surface area contributed by atoms with Gasteiger partial charge in [-0.25, -0.2) is 14.8 Å². The Morgan fingerprint density at radius 3 is 2.69 bits per heavy atom. The minimum absolute atomic E-state index is 0.00168. The highest BCUT2D eigenvalue weighted by molar-refractivity contribution is 5.98. The van der Waals surface area contributed by atoms with E-state index in [1.54, 1.807) is 30.2 Å². The molecule has 152 valence electrons. The third-order valence-electron chi connectivity index (χ3n) is 5.49. The number of phenolic OH excluding ortho intramolecular Hbond substituents is 1. The van der Waals surface area contributed by atoms with Crippen LogP contribution in [-0.4, -0.2) is 64.6 Å². The van der Waals surface area contributed by atoms with E-state index in [1.807, 2.05) is 17.0 Å². The van der Waals surface area contributed by atoms with Crippen LogP contribution in [0.25, 0.3) is 0 Å². The summed E-state index contributed by atoms with van der Waals surface area (Å²) in [7, 11) is 0. The van der Waals surface area contributed by atoms with E-state index in [0.29, 0.717) is 62.8 Å². The number of anilines is 1. The van der Waals surface area contributed by atoms with Crippen LogP contribution in [0.2, 0.25) is 0 Å². The summed E-state index contributed by atoms with van der Waals surface area (Å²) in [6.07, 6.45) is 2.23. The summed E-state index contributed by atoms with van der Waals surface area (Å²) < 4.78 is 5.05. The first kappa shape index (κ1) is 19.2. The van der Waals surface area contributed by atoms with Gasteiger partial charge in [0.25, 0.3) is 0 Å². The van der Waals surface area contributed by atoms with Crippen LogP contribution in [0.3, 0.4) is 0 Å². The number of nitrogens with zero attached hydrogens (tertiary/aromatic N) is 4. The summed E-state index contributed by atoms with van der Waals surface area (Å²) in [5, 5.41) is 10.2. The van der Waals surface area contributed by atoms with Crippen LogP contribution in [0.1, 0.15) is 40.9 Å². The molecule has 29 heavy (non-hydrogen) atoms. The second kappa shape index (κ2) is 8.06. The highest BCUT2D eigenvalue weighted by Gasteiger charge is 2.30. The minimum Gasteiger partial charge on any atom is -0.508 e. The number of phenols is 1. The van der Waals surface area contributed by atoms with Gasteiger partial charge in [-0.15, -0.1) is 0 Å². The number of piperazine rings is 1. The Kier molecular flexibility index (Phi) is 5.33. The fourth-order valence-electron chi connectivity index (χ4n) is 3.94. The van der Waals surface area contributed by atoms with Crippen LogP contribution < -0.4 is 4.90 Å². The summed E-state index contributed by atoms with van der Waals surface area (Å²) >= 11 is 0. The third-order valence-corrected chi connectivity index (χ3v) is 5.49. The molecule has 8 nitrogen and oxygen atoms in total. The Morgan fingerprint density at radius 2 is 1.97 bits per heavy atom. The first-order chi connectivity index (χ1) is 14.1. The molecule has 1 aliphatic carbocycles. The molecule has 0 spiro atoms. The van der Waals surface area contributed by atoms with Crippen LogP contribution in [0.5, 0.6) is 5.75 Å². The van der Waals surface area contributed by atoms with E-state index in [-0.39, 0.29) is 23.5 Å². The number of aromatic nitrogens is 2. The first-order valence-corrected chi connectivity index (χ1v) is 9.90. The number of hydrogen-bond acceptors (Lipinski definition) is 7. The van der Waals surface area contributed by atoms with E-state index in [1.165, 1.54) is 0 Å². The number of ketones is 1. The Balaban J connectivity index is 1.50. The molecule has 0 radical (unpaired) electrons. The van der Waals surface area contributed by atoms with Gasteiger partial charge in [-0.1, -0.05) is 18.2 Å². The maximum Gasteiger partial charge on any atom is 0.409 e. The van der Waals surface area contributed by atoms with Gasteiger partial charge >= 0.3 is 6.09 Å². The van der Waals surface area contributed by atoms with E-state index in [0.717, 1.165) is 5.56 Å². The normalized spacial score (nSPS) is 19.1. The summed E-state index contributed by atoms with van der Waals surface area (Å²) in [5.41, 5.74) is 2.05. The Hall–Kier alpha value is -3.16. The molecule has 1 aromatic carbocycles. The maximum absolute atomic E-state index is 12.6. The highest BCUT2D eigenvalue weighted by atomic mass is 16.6. The van der Waals surface area contributed by atoms with E-state index in [4.69, 9.17) is 4.74 Å². The van der Waals surface area contributed by atoms with Crippen molar-refractivity contribution in [3.05, 3.63) is 47.3 Å². The number of rotatable bonds is 3. The number of fused-ring (bicyclic) bond motifs is 1. The van der Waals surface area contributed by atoms with Crippen LogP contribution >= 0.6 is 0 Å². The molecule has 1 aromatic heterocycles. The average Bonchev–Trinajstić information content (AvgIpc) is 2.74. The van der Waals surface area contributed by atoms with Crippen LogP contribution in [0.4, 0.5) is 10.7 Å². The highest BCUT2D eigenvalue weighted by Crippen LogP contribution is 2.36. The molecule has 1 N–H and O–H groups in total. The zero-order valence-electron chi connectivity index (χ0n) is 16.4. The molecule has 1 aliphatic heterocycles. The monoisotopic (exact) mass is 396 g/mol. The number of aromatic hydroxyl groups is 1. The number of carbonyl (C=O) groups excluding carboxylic acids is 2. The number of benzene rings is 1. The molecular formula is C21H24N4O4. The smallest absolute Gasteiger partial charge is 0.409 e. The zero-order chi connectivity index (χ0) is 20.4. The molecule has 1 amide bonds. The predicted molar refractivity (Wildman–Crippen MR) is 106 cm³/mol. The average molecular weight is 396 g/mol. The summed E-state index contributed by atoms with van der Waals surface area (Å²) in [4.78, 5) is 37.2. The molecule has 2 heterocycles. The lowest BCUT2D eigenvalue weighted by Gasteiger charge is -2.34. The predicted octanol–water partition coefficient (Wildman–Crippen LogP) is 2.37. The van der Waals surface area contributed by atoms with E-state index in [9.17, 15) is 14.7 Å². The topological polar surface area (TPSA) is 95.9 Å². The number of ether oxygens (including phenoxy) is 1. The second-order valence-corrected chi connectivity index (χ2v) is 7.29. The molecular weight excluding hydrogens is 372 g/mol. The molecule has 2 aromatic rings. The van der Waals surface area contributed by atoms with Gasteiger partial charge in [0, 0.05) is 44.7 Å². The number of Topliss-reactive ketones (excluding diaryl/α,β-unsaturated/α-hetero) is 1. The van der Waals surface area contributed by atoms with Crippen LogP contribution in [0, 0.1) is 0 Å². The van der Waals surface area contributed by atoms with Crippen molar-refractivity contribution in [2.75, 3.05) is 37.7 Å². The van der Waals surface area contributed by atoms with Crippen molar-refractivity contribution in [1.82, 2.24) is 14.9 Å². The van der Waals surface area contributed by atoms with E-state index in [2.05, 4.69) is 9.97 Å². The maximum atomic E-state index is 12.6. The molecule has 0 unspecified atom stereocenters. The molecule has 0 bridgehead atoms. The lowest BCUT2D eigenvalue weighted by Crippen LogP contribution is -2.49. The molecule has 2 aliphatic rings. The second-order valence-electron chi connectivity index (χ2n) is 7.29. The number of amides is 1. The Morgan fingerprint density at radius 1 is 1.21 bits per heavy atom. The van der Waals surface area contributed by atoms with Gasteiger partial charge in [0.15, 0.2) is 5.78 Å². The van der Waals surface area contributed by atoms with E-state index < -0.39 is 0 Å². The molecule has 1 fully saturated rings. The Labute approximate surface area is 169 Å². The van der Waals surface area contributed by atoms with Crippen LogP contribution in [0.15, 0.2) is 30.5 Å². The van der Waals surface area contributed by atoms with E-state index >= 15 is 0 Å². The molecule has 0 saturated carbocycles. The SMILES string of the molecule is CCOC(=O)N1CCN(c2ncc3c(n2)C[C@H](c2ccccc2O)CC3=O)CC1. The van der Waals surface area contributed by atoms with Gasteiger partial charge in [0.05, 0.1) is 17.9 Å². The molecule has 1 atom stereocenters. The van der Waals surface area contributed by atoms with Crippen LogP contribution in [-0.2, 0) is 11.2 Å². The molecule has 8 heteroatoms. The summed E-state index contributed by atoms with van der Waals surface area (Å²) in [6, 6.07) is 7.13. The van der Waals surface area contributed by atoms with Crippen molar-refractivity contribution in [2.24, 2.45) is 0 Å². The van der Waals surface area contributed by atoms with Gasteiger partial charge in [0.2, 0.25) is 5.95 Å². The molecule has 1 saturated heterocycles. The lowest BCUT2D eigenvalue weighted by atomic mass is 9.82. The van der Waals surface area contributed by atoms with Gasteiger partial charge in [-0.05, 0) is 25.0 Å². The van der Waals surface area contributed by atoms with Gasteiger partial charge in [-0.3, -0.25) is 4.79 Å². The number of hydrogen-bond donors (Lipinski definition) is 1. The summed E-state index contributed by atoms with van der Waals surface area (Å²) in [5.74, 6) is 0.675. The van der Waals surface area contributed by atoms with Crippen molar-refractivity contribution in [3.8, 4) is 5.75 Å². The zero-order valence-corrected chi connectivity index (χ0v) is 16.4. The fraction of sp³-hybridized carbons (Fsp3) is 0.429. The van der Waals surface area contributed by atoms with Gasteiger partial charge in [-0.2, -0.15) is 0 Å². The number of para-hydroxylation sites is 1. The summed E-state index contributed by atoms with van der Waals surface area (Å²) in [6.45, 7) is 4.44. The van der Waals surface area contributed by atoms with Crippen molar-refractivity contribution in [3.63, 3.8) is 0 Å². The van der Waals surface area contributed by atoms with Crippen molar-refractivity contribution in [2.45, 2.75) is 25.7 Å². The first-order valence-electron chi connectivity index (χ1n) is 9.90. The van der Waals surface area contributed by atoms with Gasteiger partial charge in [0.1, 0.15) is 5.75 Å². The Bertz CT molecular complexity index is 925. The van der Waals surface area contributed by atoms with Crippen molar-refractivity contribution >= 4 is 17.8 Å². The lowest BCUT2D eigenvalue weighted by molar-refractivity contribution is 0.0961. The standard InChI is InChI=1S/C21H24N4O4/c1-2-29-21(28)25-9-7-24(8-10-25)20-22-13-16-17(23-20)11-14(12-19(16)27)15-5-3-4-6-18(15)26/h3-6,13-14,26H,2,7-12H2,1H3/t14-/m0/s1. The van der Waals surface area contributed by atoms with Crippen molar-refractivity contribution in [1.29, 1.82) is 0 Å². The fourth-order valence-corrected chi connectivity index (χ4v) is 3.94. The minimum atomic E-state index is -0.297. The largest absolute Gasteiger partial charge is 0.508 e. The molecule has 4 rings (SSSR count). The number of carbonyl (C=O) groups is 2. The quantitative estimate of drug-likeness (QED) is 0.851.